The molecule has 0 radical (unpaired) electrons. The second kappa shape index (κ2) is 6.58. The molecule has 2 nitrogen and oxygen atoms in total. The minimum atomic E-state index is -2.93. The van der Waals surface area contributed by atoms with Crippen molar-refractivity contribution in [1.29, 1.82) is 0 Å². The molecule has 0 aliphatic carbocycles. The molecule has 2 N–H and O–H groups in total. The van der Waals surface area contributed by atoms with Crippen molar-refractivity contribution in [1.82, 2.24) is 0 Å². The summed E-state index contributed by atoms with van der Waals surface area (Å²) < 4.78 is 55.3. The molecule has 6 heteroatoms. The van der Waals surface area contributed by atoms with E-state index in [0.717, 1.165) is 6.07 Å². The molecule has 0 amide bonds. The van der Waals surface area contributed by atoms with E-state index in [-0.39, 0.29) is 17.7 Å². The van der Waals surface area contributed by atoms with Gasteiger partial charge in [-0.2, -0.15) is 8.78 Å². The summed E-state index contributed by atoms with van der Waals surface area (Å²) in [6.45, 7) is -2.93. The van der Waals surface area contributed by atoms with Gasteiger partial charge in [0.25, 0.3) is 0 Å². The van der Waals surface area contributed by atoms with Gasteiger partial charge in [-0.25, -0.2) is 8.78 Å². The Labute approximate surface area is 119 Å². The highest BCUT2D eigenvalue weighted by atomic mass is 19.3. The van der Waals surface area contributed by atoms with Crippen molar-refractivity contribution in [2.24, 2.45) is 5.73 Å². The van der Waals surface area contributed by atoms with E-state index >= 15 is 0 Å². The minimum absolute atomic E-state index is 0.0299. The predicted octanol–water partition coefficient (Wildman–Crippen LogP) is 3.81. The molecule has 0 heterocycles. The van der Waals surface area contributed by atoms with Gasteiger partial charge < -0.3 is 10.5 Å². The summed E-state index contributed by atoms with van der Waals surface area (Å²) in [4.78, 5) is 0. The lowest BCUT2D eigenvalue weighted by Gasteiger charge is -2.14. The molecule has 21 heavy (non-hydrogen) atoms. The SMILES string of the molecule is NC(Cc1cccc(F)c1F)c1cccc(OC(F)F)c1. The van der Waals surface area contributed by atoms with Crippen molar-refractivity contribution in [3.05, 3.63) is 65.2 Å². The van der Waals surface area contributed by atoms with Crippen molar-refractivity contribution in [3.8, 4) is 5.75 Å². The Morgan fingerprint density at radius 1 is 1.05 bits per heavy atom. The molecule has 0 fully saturated rings. The number of hydrogen-bond acceptors (Lipinski definition) is 2. The topological polar surface area (TPSA) is 35.2 Å². The molecular weight excluding hydrogens is 286 g/mol. The molecule has 0 spiro atoms. The highest BCUT2D eigenvalue weighted by Gasteiger charge is 2.14. The molecule has 2 aromatic carbocycles. The summed E-state index contributed by atoms with van der Waals surface area (Å²) in [6, 6.07) is 9.01. The third-order valence-corrected chi connectivity index (χ3v) is 2.98. The number of alkyl halides is 2. The summed E-state index contributed by atoms with van der Waals surface area (Å²) in [5, 5.41) is 0. The van der Waals surface area contributed by atoms with Gasteiger partial charge in [-0.3, -0.25) is 0 Å². The number of ether oxygens (including phenoxy) is 1. The Morgan fingerprint density at radius 3 is 2.48 bits per heavy atom. The lowest BCUT2D eigenvalue weighted by molar-refractivity contribution is -0.0499. The molecule has 0 aliphatic heterocycles. The number of nitrogens with two attached hydrogens (primary N) is 1. The van der Waals surface area contributed by atoms with Crippen molar-refractivity contribution >= 4 is 0 Å². The fourth-order valence-electron chi connectivity index (χ4n) is 1.98. The van der Waals surface area contributed by atoms with Crippen LogP contribution in [0.2, 0.25) is 0 Å². The molecule has 2 aromatic rings. The van der Waals surface area contributed by atoms with Crippen LogP contribution in [-0.4, -0.2) is 6.61 Å². The first-order valence-electron chi connectivity index (χ1n) is 6.20. The van der Waals surface area contributed by atoms with E-state index in [9.17, 15) is 17.6 Å². The zero-order chi connectivity index (χ0) is 15.4. The van der Waals surface area contributed by atoms with E-state index in [0.29, 0.717) is 5.56 Å². The van der Waals surface area contributed by atoms with E-state index in [1.807, 2.05) is 0 Å². The first-order chi connectivity index (χ1) is 9.97. The number of hydrogen-bond donors (Lipinski definition) is 1. The molecule has 0 bridgehead atoms. The van der Waals surface area contributed by atoms with E-state index < -0.39 is 24.3 Å². The summed E-state index contributed by atoms with van der Waals surface area (Å²) >= 11 is 0. The van der Waals surface area contributed by atoms with Gasteiger partial charge in [0.2, 0.25) is 0 Å². The molecule has 0 saturated carbocycles. The normalized spacial score (nSPS) is 12.5. The van der Waals surface area contributed by atoms with E-state index in [2.05, 4.69) is 4.74 Å². The van der Waals surface area contributed by atoms with Gasteiger partial charge in [0.1, 0.15) is 5.75 Å². The first kappa shape index (κ1) is 15.3. The lowest BCUT2D eigenvalue weighted by Crippen LogP contribution is -2.15. The van der Waals surface area contributed by atoms with Crippen LogP contribution in [0.25, 0.3) is 0 Å². The molecular formula is C15H13F4NO. The monoisotopic (exact) mass is 299 g/mol. The average Bonchev–Trinajstić information content (AvgIpc) is 2.43. The van der Waals surface area contributed by atoms with Gasteiger partial charge >= 0.3 is 6.61 Å². The Hall–Kier alpha value is -2.08. The summed E-state index contributed by atoms with van der Waals surface area (Å²) in [7, 11) is 0. The maximum atomic E-state index is 13.6. The van der Waals surface area contributed by atoms with Gasteiger partial charge in [-0.15, -0.1) is 0 Å². The van der Waals surface area contributed by atoms with Crippen molar-refractivity contribution in [2.75, 3.05) is 0 Å². The number of benzene rings is 2. The average molecular weight is 299 g/mol. The van der Waals surface area contributed by atoms with Crippen molar-refractivity contribution < 1.29 is 22.3 Å². The molecule has 1 atom stereocenters. The number of halogens is 4. The molecule has 0 aromatic heterocycles. The largest absolute Gasteiger partial charge is 0.435 e. The fraction of sp³-hybridized carbons (Fsp3) is 0.200. The molecule has 0 aliphatic rings. The zero-order valence-corrected chi connectivity index (χ0v) is 10.9. The Morgan fingerprint density at radius 2 is 1.76 bits per heavy atom. The minimum Gasteiger partial charge on any atom is -0.435 e. The van der Waals surface area contributed by atoms with Crippen LogP contribution in [0.15, 0.2) is 42.5 Å². The first-order valence-corrected chi connectivity index (χ1v) is 6.20. The van der Waals surface area contributed by atoms with Crippen LogP contribution < -0.4 is 10.5 Å². The summed E-state index contributed by atoms with van der Waals surface area (Å²) in [6.07, 6.45) is 0.0434. The van der Waals surface area contributed by atoms with Crippen LogP contribution in [-0.2, 0) is 6.42 Å². The maximum Gasteiger partial charge on any atom is 0.387 e. The second-order valence-corrected chi connectivity index (χ2v) is 4.47. The van der Waals surface area contributed by atoms with Gasteiger partial charge in [0.05, 0.1) is 0 Å². The predicted molar refractivity (Wildman–Crippen MR) is 70.1 cm³/mol. The Bertz CT molecular complexity index is 618. The third kappa shape index (κ3) is 3.95. The van der Waals surface area contributed by atoms with Crippen molar-refractivity contribution in [3.63, 3.8) is 0 Å². The highest BCUT2D eigenvalue weighted by Crippen LogP contribution is 2.23. The van der Waals surface area contributed by atoms with Crippen LogP contribution in [0.4, 0.5) is 17.6 Å². The van der Waals surface area contributed by atoms with E-state index in [1.54, 1.807) is 6.07 Å². The zero-order valence-electron chi connectivity index (χ0n) is 10.9. The van der Waals surface area contributed by atoms with E-state index in [1.165, 1.54) is 30.3 Å². The second-order valence-electron chi connectivity index (χ2n) is 4.47. The van der Waals surface area contributed by atoms with Crippen LogP contribution in [0.1, 0.15) is 17.2 Å². The molecule has 2 rings (SSSR count). The smallest absolute Gasteiger partial charge is 0.387 e. The van der Waals surface area contributed by atoms with Crippen LogP contribution in [0.3, 0.4) is 0 Å². The molecule has 0 saturated heterocycles. The van der Waals surface area contributed by atoms with Gasteiger partial charge in [-0.05, 0) is 35.7 Å². The Balaban J connectivity index is 2.16. The maximum absolute atomic E-state index is 13.6. The van der Waals surface area contributed by atoms with Crippen molar-refractivity contribution in [2.45, 2.75) is 19.1 Å². The van der Waals surface area contributed by atoms with Crippen LogP contribution in [0.5, 0.6) is 5.75 Å². The van der Waals surface area contributed by atoms with Crippen LogP contribution >= 0.6 is 0 Å². The van der Waals surface area contributed by atoms with Gasteiger partial charge in [0, 0.05) is 6.04 Å². The fourth-order valence-corrected chi connectivity index (χ4v) is 1.98. The molecule has 112 valence electrons. The van der Waals surface area contributed by atoms with Gasteiger partial charge in [-0.1, -0.05) is 24.3 Å². The van der Waals surface area contributed by atoms with E-state index in [4.69, 9.17) is 5.73 Å². The molecule has 1 unspecified atom stereocenters. The van der Waals surface area contributed by atoms with Gasteiger partial charge in [0.15, 0.2) is 11.6 Å². The quantitative estimate of drug-likeness (QED) is 0.852. The number of rotatable bonds is 5. The highest BCUT2D eigenvalue weighted by molar-refractivity contribution is 5.32. The lowest BCUT2D eigenvalue weighted by atomic mass is 9.99. The standard InChI is InChI=1S/C15H13F4NO/c16-12-6-2-4-10(14(12)17)8-13(20)9-3-1-5-11(7-9)21-15(18)19/h1-7,13,15H,8,20H2. The van der Waals surface area contributed by atoms with Crippen LogP contribution in [0, 0.1) is 11.6 Å². The third-order valence-electron chi connectivity index (χ3n) is 2.98. The summed E-state index contributed by atoms with van der Waals surface area (Å²) in [5.41, 5.74) is 6.54. The summed E-state index contributed by atoms with van der Waals surface area (Å²) in [5.74, 6) is -1.93. The Kier molecular flexibility index (Phi) is 4.80.